The van der Waals surface area contributed by atoms with Crippen molar-refractivity contribution in [3.8, 4) is 0 Å². The van der Waals surface area contributed by atoms with Crippen molar-refractivity contribution in [2.75, 3.05) is 0 Å². The van der Waals surface area contributed by atoms with Gasteiger partial charge in [-0.3, -0.25) is 15.6 Å². The standard InChI is InChI=1S/C18H19N3OS/c1-11-6-7-16-15(9-11)14(12(2)19-16)10-18(22)21-20-13(3)17-5-4-8-23-17/h4-9,19-20H,3,10H2,1-2H3,(H,21,22). The summed E-state index contributed by atoms with van der Waals surface area (Å²) in [7, 11) is 0. The zero-order valence-corrected chi connectivity index (χ0v) is 14.0. The third kappa shape index (κ3) is 3.29. The zero-order valence-electron chi connectivity index (χ0n) is 13.2. The lowest BCUT2D eigenvalue weighted by Gasteiger charge is -2.10. The summed E-state index contributed by atoms with van der Waals surface area (Å²) in [6.45, 7) is 7.97. The molecule has 0 saturated carbocycles. The van der Waals surface area contributed by atoms with E-state index in [1.165, 1.54) is 5.56 Å². The number of rotatable bonds is 5. The number of aryl methyl sites for hydroxylation is 2. The molecule has 0 unspecified atom stereocenters. The lowest BCUT2D eigenvalue weighted by Crippen LogP contribution is -2.36. The number of nitrogens with one attached hydrogen (secondary N) is 3. The fourth-order valence-electron chi connectivity index (χ4n) is 2.59. The van der Waals surface area contributed by atoms with Gasteiger partial charge in [-0.05, 0) is 43.0 Å². The van der Waals surface area contributed by atoms with Crippen LogP contribution in [0.15, 0.2) is 42.3 Å². The number of thiophene rings is 1. The van der Waals surface area contributed by atoms with Gasteiger partial charge in [0.1, 0.15) is 0 Å². The molecule has 0 radical (unpaired) electrons. The highest BCUT2D eigenvalue weighted by molar-refractivity contribution is 7.11. The quantitative estimate of drug-likeness (QED) is 0.627. The largest absolute Gasteiger partial charge is 0.358 e. The SMILES string of the molecule is C=C(NNC(=O)Cc1c(C)[nH]c2ccc(C)cc12)c1cccs1. The second kappa shape index (κ2) is 6.30. The molecule has 3 rings (SSSR count). The maximum absolute atomic E-state index is 12.2. The van der Waals surface area contributed by atoms with Gasteiger partial charge in [0.05, 0.1) is 17.0 Å². The molecule has 0 spiro atoms. The minimum Gasteiger partial charge on any atom is -0.358 e. The lowest BCUT2D eigenvalue weighted by molar-refractivity contribution is -0.121. The first-order chi connectivity index (χ1) is 11.0. The molecular formula is C18H19N3OS. The van der Waals surface area contributed by atoms with Crippen LogP contribution in [0, 0.1) is 13.8 Å². The number of carbonyl (C=O) groups is 1. The molecule has 0 atom stereocenters. The molecule has 118 valence electrons. The minimum atomic E-state index is -0.0896. The van der Waals surface area contributed by atoms with Crippen LogP contribution in [0.4, 0.5) is 0 Å². The number of amides is 1. The maximum Gasteiger partial charge on any atom is 0.242 e. The van der Waals surface area contributed by atoms with Crippen molar-refractivity contribution in [1.29, 1.82) is 0 Å². The lowest BCUT2D eigenvalue weighted by atomic mass is 10.1. The average Bonchev–Trinajstić information content (AvgIpc) is 3.15. The van der Waals surface area contributed by atoms with Crippen molar-refractivity contribution in [2.24, 2.45) is 0 Å². The summed E-state index contributed by atoms with van der Waals surface area (Å²) in [6, 6.07) is 10.1. The summed E-state index contributed by atoms with van der Waals surface area (Å²) in [5.41, 5.74) is 10.6. The molecular weight excluding hydrogens is 306 g/mol. The number of fused-ring (bicyclic) bond motifs is 1. The first-order valence-corrected chi connectivity index (χ1v) is 8.28. The number of hydrazine groups is 1. The second-order valence-corrected chi connectivity index (χ2v) is 6.53. The van der Waals surface area contributed by atoms with Crippen molar-refractivity contribution in [1.82, 2.24) is 15.8 Å². The first kappa shape index (κ1) is 15.4. The minimum absolute atomic E-state index is 0.0896. The summed E-state index contributed by atoms with van der Waals surface area (Å²) in [6.07, 6.45) is 0.319. The molecule has 3 N–H and O–H groups in total. The van der Waals surface area contributed by atoms with Crippen LogP contribution in [0.2, 0.25) is 0 Å². The third-order valence-corrected chi connectivity index (χ3v) is 4.71. The average molecular weight is 325 g/mol. The zero-order chi connectivity index (χ0) is 16.4. The summed E-state index contributed by atoms with van der Waals surface area (Å²) in [5, 5.41) is 3.08. The molecule has 2 aromatic heterocycles. The molecule has 4 nitrogen and oxygen atoms in total. The van der Waals surface area contributed by atoms with E-state index >= 15 is 0 Å². The molecule has 0 fully saturated rings. The van der Waals surface area contributed by atoms with Crippen LogP contribution < -0.4 is 10.9 Å². The van der Waals surface area contributed by atoms with E-state index in [4.69, 9.17) is 0 Å². The predicted molar refractivity (Wildman–Crippen MR) is 96.1 cm³/mol. The van der Waals surface area contributed by atoms with Gasteiger partial charge in [0.2, 0.25) is 5.91 Å². The van der Waals surface area contributed by atoms with Gasteiger partial charge in [0.15, 0.2) is 0 Å². The Hall–Kier alpha value is -2.53. The van der Waals surface area contributed by atoms with E-state index in [2.05, 4.69) is 47.5 Å². The van der Waals surface area contributed by atoms with E-state index in [0.29, 0.717) is 12.1 Å². The summed E-state index contributed by atoms with van der Waals surface area (Å²) >= 11 is 1.58. The van der Waals surface area contributed by atoms with E-state index in [-0.39, 0.29) is 5.91 Å². The molecule has 0 aliphatic heterocycles. The number of aromatic nitrogens is 1. The first-order valence-electron chi connectivity index (χ1n) is 7.40. The Labute approximate surface area is 139 Å². The van der Waals surface area contributed by atoms with Gasteiger partial charge in [-0.1, -0.05) is 24.3 Å². The van der Waals surface area contributed by atoms with Gasteiger partial charge in [0.25, 0.3) is 0 Å². The highest BCUT2D eigenvalue weighted by Gasteiger charge is 2.13. The Balaban J connectivity index is 1.69. The molecule has 0 aliphatic carbocycles. The molecule has 0 saturated heterocycles. The normalized spacial score (nSPS) is 10.7. The molecule has 2 heterocycles. The maximum atomic E-state index is 12.2. The predicted octanol–water partition coefficient (Wildman–Crippen LogP) is 3.68. The van der Waals surface area contributed by atoms with Crippen molar-refractivity contribution in [2.45, 2.75) is 20.3 Å². The Morgan fingerprint density at radius 1 is 1.26 bits per heavy atom. The van der Waals surface area contributed by atoms with Crippen molar-refractivity contribution >= 4 is 33.8 Å². The summed E-state index contributed by atoms with van der Waals surface area (Å²) in [4.78, 5) is 16.6. The van der Waals surface area contributed by atoms with Crippen LogP contribution >= 0.6 is 11.3 Å². The number of H-pyrrole nitrogens is 1. The fraction of sp³-hybridized carbons (Fsp3) is 0.167. The van der Waals surface area contributed by atoms with Gasteiger partial charge in [-0.25, -0.2) is 0 Å². The van der Waals surface area contributed by atoms with Crippen molar-refractivity contribution in [3.63, 3.8) is 0 Å². The van der Waals surface area contributed by atoms with Crippen molar-refractivity contribution in [3.05, 3.63) is 64.0 Å². The van der Waals surface area contributed by atoms with E-state index in [0.717, 1.165) is 27.0 Å². The monoisotopic (exact) mass is 325 g/mol. The number of hydrogen-bond acceptors (Lipinski definition) is 3. The van der Waals surface area contributed by atoms with E-state index in [1.54, 1.807) is 11.3 Å². The second-order valence-electron chi connectivity index (χ2n) is 5.58. The van der Waals surface area contributed by atoms with Gasteiger partial charge in [0, 0.05) is 16.6 Å². The molecule has 1 amide bonds. The third-order valence-electron chi connectivity index (χ3n) is 3.78. The highest BCUT2D eigenvalue weighted by atomic mass is 32.1. The summed E-state index contributed by atoms with van der Waals surface area (Å²) in [5.74, 6) is -0.0896. The molecule has 1 aromatic carbocycles. The molecule has 0 aliphatic rings. The highest BCUT2D eigenvalue weighted by Crippen LogP contribution is 2.23. The topological polar surface area (TPSA) is 56.9 Å². The Bertz CT molecular complexity index is 862. The number of hydrogen-bond donors (Lipinski definition) is 3. The molecule has 5 heteroatoms. The molecule has 0 bridgehead atoms. The van der Waals surface area contributed by atoms with Crippen LogP contribution in [0.3, 0.4) is 0 Å². The number of aromatic amines is 1. The van der Waals surface area contributed by atoms with Crippen LogP contribution in [0.25, 0.3) is 16.6 Å². The number of benzene rings is 1. The van der Waals surface area contributed by atoms with Crippen LogP contribution in [-0.4, -0.2) is 10.9 Å². The number of carbonyl (C=O) groups excluding carboxylic acids is 1. The van der Waals surface area contributed by atoms with Crippen molar-refractivity contribution < 1.29 is 4.79 Å². The fourth-order valence-corrected chi connectivity index (χ4v) is 3.24. The van der Waals surface area contributed by atoms with E-state index in [1.807, 2.05) is 24.4 Å². The van der Waals surface area contributed by atoms with E-state index in [9.17, 15) is 4.79 Å². The Morgan fingerprint density at radius 2 is 2.09 bits per heavy atom. The smallest absolute Gasteiger partial charge is 0.242 e. The van der Waals surface area contributed by atoms with Crippen LogP contribution in [-0.2, 0) is 11.2 Å². The Kier molecular flexibility index (Phi) is 4.21. The van der Waals surface area contributed by atoms with Gasteiger partial charge < -0.3 is 4.98 Å². The van der Waals surface area contributed by atoms with Gasteiger partial charge >= 0.3 is 0 Å². The summed E-state index contributed by atoms with van der Waals surface area (Å²) < 4.78 is 0. The van der Waals surface area contributed by atoms with E-state index < -0.39 is 0 Å². The Morgan fingerprint density at radius 3 is 2.83 bits per heavy atom. The van der Waals surface area contributed by atoms with Gasteiger partial charge in [-0.2, -0.15) is 0 Å². The van der Waals surface area contributed by atoms with Crippen LogP contribution in [0.5, 0.6) is 0 Å². The van der Waals surface area contributed by atoms with Gasteiger partial charge in [-0.15, -0.1) is 11.3 Å². The molecule has 23 heavy (non-hydrogen) atoms. The molecule has 3 aromatic rings. The van der Waals surface area contributed by atoms with Crippen LogP contribution in [0.1, 0.15) is 21.7 Å².